The molecule has 2 aromatic carbocycles. The summed E-state index contributed by atoms with van der Waals surface area (Å²) in [6.07, 6.45) is 1.97. The van der Waals surface area contributed by atoms with Crippen molar-refractivity contribution in [2.75, 3.05) is 6.61 Å². The number of benzene rings is 2. The predicted molar refractivity (Wildman–Crippen MR) is 93.3 cm³/mol. The van der Waals surface area contributed by atoms with E-state index < -0.39 is 5.82 Å². The van der Waals surface area contributed by atoms with Gasteiger partial charge >= 0.3 is 0 Å². The van der Waals surface area contributed by atoms with Crippen LogP contribution in [0.25, 0.3) is 0 Å². The predicted octanol–water partition coefficient (Wildman–Crippen LogP) is 4.44. The molecular formula is C17H15Cl2FN2O2. The van der Waals surface area contributed by atoms with Crippen LogP contribution in [0.15, 0.2) is 47.6 Å². The number of carbonyl (C=O) groups excluding carboxylic acids is 1. The molecule has 0 saturated heterocycles. The number of hydrogen-bond acceptors (Lipinski definition) is 3. The number of carbonyl (C=O) groups is 1. The molecule has 0 heterocycles. The summed E-state index contributed by atoms with van der Waals surface area (Å²) in [4.78, 5) is 11.6. The van der Waals surface area contributed by atoms with Gasteiger partial charge in [0.25, 0.3) is 0 Å². The van der Waals surface area contributed by atoms with E-state index in [1.165, 1.54) is 12.3 Å². The first-order chi connectivity index (χ1) is 11.6. The van der Waals surface area contributed by atoms with Crippen molar-refractivity contribution in [3.8, 4) is 5.75 Å². The minimum absolute atomic E-state index is 0.222. The normalized spacial score (nSPS) is 10.8. The van der Waals surface area contributed by atoms with Gasteiger partial charge in [-0.1, -0.05) is 41.4 Å². The van der Waals surface area contributed by atoms with Gasteiger partial charge < -0.3 is 4.74 Å². The number of halogens is 3. The number of rotatable bonds is 7. The first-order valence-electron chi connectivity index (χ1n) is 7.20. The number of hydrogen-bond donors (Lipinski definition) is 1. The fourth-order valence-electron chi connectivity index (χ4n) is 1.82. The van der Waals surface area contributed by atoms with Crippen LogP contribution in [-0.2, 0) is 4.79 Å². The third kappa shape index (κ3) is 5.83. The van der Waals surface area contributed by atoms with Crippen molar-refractivity contribution < 1.29 is 13.9 Å². The highest BCUT2D eigenvalue weighted by Crippen LogP contribution is 2.27. The van der Waals surface area contributed by atoms with Crippen molar-refractivity contribution in [1.82, 2.24) is 5.43 Å². The van der Waals surface area contributed by atoms with Crippen molar-refractivity contribution in [1.29, 1.82) is 0 Å². The Labute approximate surface area is 149 Å². The van der Waals surface area contributed by atoms with Gasteiger partial charge in [-0.15, -0.1) is 0 Å². The lowest BCUT2D eigenvalue weighted by molar-refractivity contribution is -0.121. The molecule has 0 radical (unpaired) electrons. The summed E-state index contributed by atoms with van der Waals surface area (Å²) in [6.45, 7) is 0.325. The summed E-state index contributed by atoms with van der Waals surface area (Å²) < 4.78 is 18.8. The fourth-order valence-corrected chi connectivity index (χ4v) is 2.28. The largest absolute Gasteiger partial charge is 0.492 e. The Bertz CT molecular complexity index is 738. The van der Waals surface area contributed by atoms with Gasteiger partial charge in [0.05, 0.1) is 17.8 Å². The molecule has 0 aliphatic carbocycles. The lowest BCUT2D eigenvalue weighted by Crippen LogP contribution is -2.18. The number of hydrazone groups is 1. The highest BCUT2D eigenvalue weighted by atomic mass is 35.5. The topological polar surface area (TPSA) is 50.7 Å². The molecule has 1 amide bonds. The molecule has 126 valence electrons. The molecule has 2 aromatic rings. The molecule has 1 N–H and O–H groups in total. The van der Waals surface area contributed by atoms with E-state index in [4.69, 9.17) is 27.9 Å². The molecular weight excluding hydrogens is 354 g/mol. The quantitative estimate of drug-likeness (QED) is 0.446. The van der Waals surface area contributed by atoms with Crippen LogP contribution in [0.2, 0.25) is 10.0 Å². The van der Waals surface area contributed by atoms with Crippen molar-refractivity contribution in [2.45, 2.75) is 12.8 Å². The SMILES string of the molecule is O=C(CCCOc1ccc(Cl)cc1Cl)N/N=C/c1ccccc1F. The second-order valence-electron chi connectivity index (χ2n) is 4.84. The van der Waals surface area contributed by atoms with Crippen molar-refractivity contribution in [3.05, 3.63) is 63.9 Å². The van der Waals surface area contributed by atoms with Gasteiger partial charge in [-0.25, -0.2) is 9.82 Å². The standard InChI is InChI=1S/C17H15Cl2FN2O2/c18-13-7-8-16(14(19)10-13)24-9-3-6-17(23)22-21-11-12-4-1-2-5-15(12)20/h1-2,4-5,7-8,10-11H,3,6,9H2,(H,22,23)/b21-11+. The summed E-state index contributed by atoms with van der Waals surface area (Å²) >= 11 is 11.8. The maximum absolute atomic E-state index is 13.3. The molecule has 7 heteroatoms. The van der Waals surface area contributed by atoms with E-state index in [2.05, 4.69) is 10.5 Å². The Kier molecular flexibility index (Phi) is 7.03. The van der Waals surface area contributed by atoms with Crippen LogP contribution < -0.4 is 10.2 Å². The maximum Gasteiger partial charge on any atom is 0.240 e. The fraction of sp³-hybridized carbons (Fsp3) is 0.176. The van der Waals surface area contributed by atoms with E-state index in [1.807, 2.05) is 0 Å². The molecule has 0 aromatic heterocycles. The average molecular weight is 369 g/mol. The number of nitrogens with zero attached hydrogens (tertiary/aromatic N) is 1. The molecule has 0 saturated carbocycles. The lowest BCUT2D eigenvalue weighted by Gasteiger charge is -2.07. The average Bonchev–Trinajstić information content (AvgIpc) is 2.55. The van der Waals surface area contributed by atoms with E-state index >= 15 is 0 Å². The molecule has 0 fully saturated rings. The maximum atomic E-state index is 13.3. The second-order valence-corrected chi connectivity index (χ2v) is 5.69. The van der Waals surface area contributed by atoms with E-state index in [0.717, 1.165) is 0 Å². The minimum Gasteiger partial charge on any atom is -0.492 e. The third-order valence-corrected chi connectivity index (χ3v) is 3.53. The molecule has 2 rings (SSSR count). The number of amides is 1. The zero-order chi connectivity index (χ0) is 17.4. The Balaban J connectivity index is 1.69. The third-order valence-electron chi connectivity index (χ3n) is 3.00. The zero-order valence-corrected chi connectivity index (χ0v) is 14.1. The van der Waals surface area contributed by atoms with E-state index in [0.29, 0.717) is 34.4 Å². The summed E-state index contributed by atoms with van der Waals surface area (Å²) in [6, 6.07) is 11.1. The van der Waals surface area contributed by atoms with Crippen molar-refractivity contribution in [3.63, 3.8) is 0 Å². The van der Waals surface area contributed by atoms with E-state index in [1.54, 1.807) is 36.4 Å². The van der Waals surface area contributed by atoms with Crippen LogP contribution in [0.5, 0.6) is 5.75 Å². The van der Waals surface area contributed by atoms with Crippen LogP contribution in [0, 0.1) is 5.82 Å². The Hall–Kier alpha value is -2.11. The van der Waals surface area contributed by atoms with Gasteiger partial charge in [-0.05, 0) is 30.7 Å². The van der Waals surface area contributed by atoms with Crippen molar-refractivity contribution in [2.24, 2.45) is 5.10 Å². The number of nitrogens with one attached hydrogen (secondary N) is 1. The van der Waals surface area contributed by atoms with Crippen LogP contribution in [0.3, 0.4) is 0 Å². The van der Waals surface area contributed by atoms with Gasteiger partial charge in [0.2, 0.25) is 5.91 Å². The van der Waals surface area contributed by atoms with E-state index in [-0.39, 0.29) is 12.3 Å². The molecule has 0 bridgehead atoms. The molecule has 0 unspecified atom stereocenters. The van der Waals surface area contributed by atoms with Crippen LogP contribution in [0.1, 0.15) is 18.4 Å². The van der Waals surface area contributed by atoms with Crippen molar-refractivity contribution >= 4 is 35.3 Å². The molecule has 4 nitrogen and oxygen atoms in total. The molecule has 0 atom stereocenters. The van der Waals surface area contributed by atoms with Gasteiger partial charge in [0.15, 0.2) is 0 Å². The summed E-state index contributed by atoms with van der Waals surface area (Å²) in [7, 11) is 0. The Morgan fingerprint density at radius 2 is 2.04 bits per heavy atom. The van der Waals surface area contributed by atoms with Gasteiger partial charge in [-0.3, -0.25) is 4.79 Å². The molecule has 0 aliphatic rings. The smallest absolute Gasteiger partial charge is 0.240 e. The molecule has 0 aliphatic heterocycles. The van der Waals surface area contributed by atoms with Crippen LogP contribution in [0.4, 0.5) is 4.39 Å². The van der Waals surface area contributed by atoms with Gasteiger partial charge in [0, 0.05) is 17.0 Å². The molecule has 24 heavy (non-hydrogen) atoms. The highest BCUT2D eigenvalue weighted by Gasteiger charge is 2.04. The summed E-state index contributed by atoms with van der Waals surface area (Å²) in [5, 5.41) is 4.67. The first-order valence-corrected chi connectivity index (χ1v) is 7.96. The lowest BCUT2D eigenvalue weighted by atomic mass is 10.2. The second kappa shape index (κ2) is 9.25. The van der Waals surface area contributed by atoms with Gasteiger partial charge in [-0.2, -0.15) is 5.10 Å². The monoisotopic (exact) mass is 368 g/mol. The summed E-state index contributed by atoms with van der Waals surface area (Å²) in [5.74, 6) is -0.170. The van der Waals surface area contributed by atoms with Crippen LogP contribution in [-0.4, -0.2) is 18.7 Å². The highest BCUT2D eigenvalue weighted by molar-refractivity contribution is 6.35. The Morgan fingerprint density at radius 3 is 2.79 bits per heavy atom. The number of ether oxygens (including phenoxy) is 1. The van der Waals surface area contributed by atoms with Gasteiger partial charge in [0.1, 0.15) is 11.6 Å². The minimum atomic E-state index is -0.399. The summed E-state index contributed by atoms with van der Waals surface area (Å²) in [5.41, 5.74) is 2.64. The Morgan fingerprint density at radius 1 is 1.25 bits per heavy atom. The first kappa shape index (κ1) is 18.2. The molecule has 0 spiro atoms. The van der Waals surface area contributed by atoms with E-state index in [9.17, 15) is 9.18 Å². The zero-order valence-electron chi connectivity index (χ0n) is 12.6. The van der Waals surface area contributed by atoms with Crippen LogP contribution >= 0.6 is 23.2 Å².